The van der Waals surface area contributed by atoms with Gasteiger partial charge < -0.3 is 20.3 Å². The molecule has 0 aromatic heterocycles. The van der Waals surface area contributed by atoms with E-state index in [0.717, 1.165) is 12.8 Å². The summed E-state index contributed by atoms with van der Waals surface area (Å²) in [5, 5.41) is 6.11. The third kappa shape index (κ3) is 5.65. The first-order valence-electron chi connectivity index (χ1n) is 8.04. The van der Waals surface area contributed by atoms with Gasteiger partial charge in [0.1, 0.15) is 0 Å². The van der Waals surface area contributed by atoms with Crippen LogP contribution in [0, 0.1) is 0 Å². The van der Waals surface area contributed by atoms with Crippen molar-refractivity contribution < 1.29 is 14.3 Å². The molecule has 1 aromatic carbocycles. The average molecular weight is 319 g/mol. The molecule has 0 radical (unpaired) electrons. The molecule has 1 fully saturated rings. The molecule has 1 aliphatic heterocycles. The predicted molar refractivity (Wildman–Crippen MR) is 88.3 cm³/mol. The number of rotatable bonds is 7. The van der Waals surface area contributed by atoms with Crippen LogP contribution in [0.25, 0.3) is 0 Å². The lowest BCUT2D eigenvalue weighted by atomic mass is 10.0. The van der Waals surface area contributed by atoms with Gasteiger partial charge in [-0.1, -0.05) is 18.2 Å². The van der Waals surface area contributed by atoms with Crippen LogP contribution in [0.4, 0.5) is 0 Å². The molecule has 6 nitrogen and oxygen atoms in total. The van der Waals surface area contributed by atoms with E-state index in [1.165, 1.54) is 0 Å². The Hall–Kier alpha value is -1.92. The Bertz CT molecular complexity index is 499. The summed E-state index contributed by atoms with van der Waals surface area (Å²) in [6.07, 6.45) is 1.59. The number of likely N-dealkylation sites (tertiary alicyclic amines) is 1. The molecule has 6 heteroatoms. The van der Waals surface area contributed by atoms with Gasteiger partial charge in [0.2, 0.25) is 5.91 Å². The first kappa shape index (κ1) is 17.4. The van der Waals surface area contributed by atoms with E-state index in [2.05, 4.69) is 10.6 Å². The summed E-state index contributed by atoms with van der Waals surface area (Å²) in [5.74, 6) is 0.0607. The van der Waals surface area contributed by atoms with Crippen molar-refractivity contribution in [1.82, 2.24) is 15.5 Å². The second-order valence-corrected chi connectivity index (χ2v) is 5.66. The van der Waals surface area contributed by atoms with Crippen molar-refractivity contribution >= 4 is 11.8 Å². The maximum absolute atomic E-state index is 12.1. The summed E-state index contributed by atoms with van der Waals surface area (Å²) in [7, 11) is 1.64. The topological polar surface area (TPSA) is 70.7 Å². The highest BCUT2D eigenvalue weighted by Crippen LogP contribution is 2.11. The Labute approximate surface area is 137 Å². The highest BCUT2D eigenvalue weighted by molar-refractivity contribution is 5.94. The molecule has 2 amide bonds. The van der Waals surface area contributed by atoms with Crippen LogP contribution in [0.5, 0.6) is 0 Å². The van der Waals surface area contributed by atoms with Crippen LogP contribution in [-0.2, 0) is 9.53 Å². The lowest BCUT2D eigenvalue weighted by Crippen LogP contribution is -2.48. The number of hydrogen-bond acceptors (Lipinski definition) is 4. The first-order valence-corrected chi connectivity index (χ1v) is 8.04. The van der Waals surface area contributed by atoms with E-state index >= 15 is 0 Å². The molecular formula is C17H25N3O3. The van der Waals surface area contributed by atoms with E-state index < -0.39 is 0 Å². The number of ether oxygens (including phenoxy) is 1. The SMILES string of the molecule is COCCNCC(=O)N1CCC(NC(=O)c2ccccc2)CC1. The smallest absolute Gasteiger partial charge is 0.251 e. The van der Waals surface area contributed by atoms with Crippen LogP contribution in [0.1, 0.15) is 23.2 Å². The van der Waals surface area contributed by atoms with Crippen LogP contribution in [0.2, 0.25) is 0 Å². The number of carbonyl (C=O) groups is 2. The first-order chi connectivity index (χ1) is 11.2. The number of amides is 2. The van der Waals surface area contributed by atoms with E-state index in [1.807, 2.05) is 23.1 Å². The number of hydrogen-bond donors (Lipinski definition) is 2. The van der Waals surface area contributed by atoms with Crippen molar-refractivity contribution in [3.8, 4) is 0 Å². The molecule has 1 aromatic rings. The van der Waals surface area contributed by atoms with Crippen LogP contribution in [-0.4, -0.2) is 62.7 Å². The fourth-order valence-electron chi connectivity index (χ4n) is 2.61. The minimum atomic E-state index is -0.0448. The molecule has 1 heterocycles. The van der Waals surface area contributed by atoms with Crippen molar-refractivity contribution in [3.05, 3.63) is 35.9 Å². The summed E-state index contributed by atoms with van der Waals surface area (Å²) >= 11 is 0. The number of nitrogens with one attached hydrogen (secondary N) is 2. The van der Waals surface area contributed by atoms with Gasteiger partial charge in [0.05, 0.1) is 13.2 Å². The number of carbonyl (C=O) groups excluding carboxylic acids is 2. The fraction of sp³-hybridized carbons (Fsp3) is 0.529. The van der Waals surface area contributed by atoms with E-state index in [-0.39, 0.29) is 17.9 Å². The van der Waals surface area contributed by atoms with E-state index in [0.29, 0.717) is 38.3 Å². The largest absolute Gasteiger partial charge is 0.383 e. The van der Waals surface area contributed by atoms with Crippen molar-refractivity contribution in [1.29, 1.82) is 0 Å². The van der Waals surface area contributed by atoms with Gasteiger partial charge in [-0.3, -0.25) is 9.59 Å². The number of piperidine rings is 1. The zero-order valence-electron chi connectivity index (χ0n) is 13.6. The van der Waals surface area contributed by atoms with E-state index in [4.69, 9.17) is 4.74 Å². The lowest BCUT2D eigenvalue weighted by molar-refractivity contribution is -0.131. The van der Waals surface area contributed by atoms with Gasteiger partial charge >= 0.3 is 0 Å². The third-order valence-electron chi connectivity index (χ3n) is 3.98. The zero-order chi connectivity index (χ0) is 16.5. The Morgan fingerprint density at radius 2 is 1.91 bits per heavy atom. The van der Waals surface area contributed by atoms with Gasteiger partial charge in [0.25, 0.3) is 5.91 Å². The zero-order valence-corrected chi connectivity index (χ0v) is 13.6. The molecule has 0 bridgehead atoms. The van der Waals surface area contributed by atoms with Gasteiger partial charge in [-0.15, -0.1) is 0 Å². The van der Waals surface area contributed by atoms with Gasteiger partial charge in [-0.25, -0.2) is 0 Å². The van der Waals surface area contributed by atoms with Crippen LogP contribution >= 0.6 is 0 Å². The summed E-state index contributed by atoms with van der Waals surface area (Å²) < 4.78 is 4.93. The van der Waals surface area contributed by atoms with Crippen LogP contribution in [0.3, 0.4) is 0 Å². The Kier molecular flexibility index (Phi) is 7.03. The summed E-state index contributed by atoms with van der Waals surface area (Å²) in [4.78, 5) is 26.0. The normalized spacial score (nSPS) is 15.4. The molecule has 0 unspecified atom stereocenters. The highest BCUT2D eigenvalue weighted by atomic mass is 16.5. The highest BCUT2D eigenvalue weighted by Gasteiger charge is 2.23. The van der Waals surface area contributed by atoms with Gasteiger partial charge in [-0.05, 0) is 25.0 Å². The van der Waals surface area contributed by atoms with Crippen molar-refractivity contribution in [2.75, 3.05) is 39.9 Å². The van der Waals surface area contributed by atoms with Crippen LogP contribution < -0.4 is 10.6 Å². The molecule has 0 spiro atoms. The number of methoxy groups -OCH3 is 1. The summed E-state index contributed by atoms with van der Waals surface area (Å²) in [5.41, 5.74) is 0.674. The Morgan fingerprint density at radius 3 is 2.57 bits per heavy atom. The van der Waals surface area contributed by atoms with E-state index in [1.54, 1.807) is 19.2 Å². The number of benzene rings is 1. The molecule has 23 heavy (non-hydrogen) atoms. The molecular weight excluding hydrogens is 294 g/mol. The minimum absolute atomic E-state index is 0.0448. The molecule has 0 aliphatic carbocycles. The quantitative estimate of drug-likeness (QED) is 0.724. The Morgan fingerprint density at radius 1 is 1.22 bits per heavy atom. The van der Waals surface area contributed by atoms with Crippen molar-refractivity contribution in [2.24, 2.45) is 0 Å². The maximum atomic E-state index is 12.1. The molecule has 1 aliphatic rings. The maximum Gasteiger partial charge on any atom is 0.251 e. The standard InChI is InChI=1S/C17H25N3O3/c1-23-12-9-18-13-16(21)20-10-7-15(8-11-20)19-17(22)14-5-3-2-4-6-14/h2-6,15,18H,7-13H2,1H3,(H,19,22). The predicted octanol–water partition coefficient (Wildman–Crippen LogP) is 0.643. The minimum Gasteiger partial charge on any atom is -0.383 e. The van der Waals surface area contributed by atoms with Crippen LogP contribution in [0.15, 0.2) is 30.3 Å². The monoisotopic (exact) mass is 319 g/mol. The summed E-state index contributed by atoms with van der Waals surface area (Å²) in [6.45, 7) is 2.98. The Balaban J connectivity index is 1.69. The van der Waals surface area contributed by atoms with Gasteiger partial charge in [0.15, 0.2) is 0 Å². The molecule has 0 saturated carbocycles. The fourth-order valence-corrected chi connectivity index (χ4v) is 2.61. The number of nitrogens with zero attached hydrogens (tertiary/aromatic N) is 1. The van der Waals surface area contributed by atoms with Gasteiger partial charge in [-0.2, -0.15) is 0 Å². The third-order valence-corrected chi connectivity index (χ3v) is 3.98. The molecule has 2 N–H and O–H groups in total. The second-order valence-electron chi connectivity index (χ2n) is 5.66. The van der Waals surface area contributed by atoms with Crippen molar-refractivity contribution in [3.63, 3.8) is 0 Å². The van der Waals surface area contributed by atoms with E-state index in [9.17, 15) is 9.59 Å². The van der Waals surface area contributed by atoms with Crippen molar-refractivity contribution in [2.45, 2.75) is 18.9 Å². The molecule has 2 rings (SSSR count). The lowest BCUT2D eigenvalue weighted by Gasteiger charge is -2.32. The average Bonchev–Trinajstić information content (AvgIpc) is 2.60. The molecule has 1 saturated heterocycles. The summed E-state index contributed by atoms with van der Waals surface area (Å²) in [6, 6.07) is 9.34. The molecule has 126 valence electrons. The second kappa shape index (κ2) is 9.27. The van der Waals surface area contributed by atoms with Gasteiger partial charge in [0, 0.05) is 38.3 Å². The molecule has 0 atom stereocenters.